The molecule has 4 heterocycles. The van der Waals surface area contributed by atoms with E-state index in [0.717, 1.165) is 53.9 Å². The third-order valence-corrected chi connectivity index (χ3v) is 5.24. The minimum Gasteiger partial charge on any atom is -0.393 e. The van der Waals surface area contributed by atoms with Crippen LogP contribution in [0.3, 0.4) is 0 Å². The monoisotopic (exact) mass is 378 g/mol. The summed E-state index contributed by atoms with van der Waals surface area (Å²) in [5.41, 5.74) is 2.41. The van der Waals surface area contributed by atoms with Crippen LogP contribution >= 0.6 is 0 Å². The van der Waals surface area contributed by atoms with Gasteiger partial charge in [0.1, 0.15) is 5.82 Å². The van der Waals surface area contributed by atoms with Crippen molar-refractivity contribution in [2.24, 2.45) is 7.05 Å². The lowest BCUT2D eigenvalue weighted by Gasteiger charge is -2.26. The normalized spacial score (nSPS) is 19.9. The number of aromatic nitrogens is 6. The van der Waals surface area contributed by atoms with Gasteiger partial charge < -0.3 is 15.7 Å². The quantitative estimate of drug-likeness (QED) is 0.501. The van der Waals surface area contributed by atoms with Crippen LogP contribution in [-0.4, -0.2) is 46.6 Å². The minimum atomic E-state index is -0.165. The number of rotatable bonds is 4. The van der Waals surface area contributed by atoms with E-state index in [1.54, 1.807) is 17.1 Å². The molecule has 0 atom stereocenters. The van der Waals surface area contributed by atoms with E-state index in [9.17, 15) is 5.11 Å². The summed E-state index contributed by atoms with van der Waals surface area (Å²) in [6.07, 6.45) is 6.95. The van der Waals surface area contributed by atoms with Crippen molar-refractivity contribution in [2.75, 3.05) is 10.6 Å². The zero-order valence-corrected chi connectivity index (χ0v) is 15.6. The molecule has 3 N–H and O–H groups in total. The van der Waals surface area contributed by atoms with E-state index in [4.69, 9.17) is 0 Å². The number of nitrogens with zero attached hydrogens (tertiary/aromatic N) is 6. The van der Waals surface area contributed by atoms with Gasteiger partial charge in [-0.05, 0) is 43.9 Å². The number of aliphatic hydroxyl groups is 1. The molecule has 0 bridgehead atoms. The third-order valence-electron chi connectivity index (χ3n) is 5.24. The fourth-order valence-electron chi connectivity index (χ4n) is 3.74. The van der Waals surface area contributed by atoms with Gasteiger partial charge in [-0.1, -0.05) is 6.07 Å². The number of nitrogens with one attached hydrogen (secondary N) is 2. The molecule has 0 spiro atoms. The number of anilines is 3. The van der Waals surface area contributed by atoms with E-state index in [1.165, 1.54) is 0 Å². The zero-order valence-electron chi connectivity index (χ0n) is 15.6. The molecule has 1 aliphatic carbocycles. The fraction of sp³-hybridized carbons (Fsp3) is 0.368. The van der Waals surface area contributed by atoms with Gasteiger partial charge >= 0.3 is 0 Å². The van der Waals surface area contributed by atoms with Crippen LogP contribution < -0.4 is 10.6 Å². The summed E-state index contributed by atoms with van der Waals surface area (Å²) >= 11 is 0. The molecule has 9 heteroatoms. The Labute approximate surface area is 161 Å². The first kappa shape index (κ1) is 16.9. The molecule has 4 aromatic rings. The number of aryl methyl sites for hydroxylation is 1. The fourth-order valence-corrected chi connectivity index (χ4v) is 3.74. The van der Waals surface area contributed by atoms with Crippen LogP contribution in [0, 0.1) is 0 Å². The van der Waals surface area contributed by atoms with Crippen molar-refractivity contribution in [3.05, 3.63) is 36.7 Å². The molecule has 1 saturated carbocycles. The second-order valence-electron chi connectivity index (χ2n) is 7.30. The second-order valence-corrected chi connectivity index (χ2v) is 7.30. The van der Waals surface area contributed by atoms with Crippen LogP contribution in [0.25, 0.3) is 16.7 Å². The Morgan fingerprint density at radius 3 is 2.86 bits per heavy atom. The standard InChI is InChI=1S/C19H22N8O/c1-26-18-12(10-21-26)9-14(11-20-18)23-19-24-17-4-2-3-16(27(17)25-19)22-13-5-7-15(28)8-6-13/h2-4,9-11,13,15,22,28H,5-8H2,1H3,(H,23,25)/t13-,15+. The number of hydrogen-bond donors (Lipinski definition) is 3. The van der Waals surface area contributed by atoms with Crippen molar-refractivity contribution in [1.29, 1.82) is 0 Å². The molecule has 144 valence electrons. The zero-order chi connectivity index (χ0) is 19.1. The lowest BCUT2D eigenvalue weighted by molar-refractivity contribution is 0.126. The predicted octanol–water partition coefficient (Wildman–Crippen LogP) is 2.47. The van der Waals surface area contributed by atoms with Crippen molar-refractivity contribution < 1.29 is 5.11 Å². The molecule has 0 saturated heterocycles. The topological polar surface area (TPSA) is 105 Å². The van der Waals surface area contributed by atoms with Crippen molar-refractivity contribution in [3.63, 3.8) is 0 Å². The summed E-state index contributed by atoms with van der Waals surface area (Å²) < 4.78 is 3.55. The Morgan fingerprint density at radius 1 is 1.14 bits per heavy atom. The van der Waals surface area contributed by atoms with Crippen molar-refractivity contribution in [3.8, 4) is 0 Å². The van der Waals surface area contributed by atoms with E-state index in [0.29, 0.717) is 12.0 Å². The van der Waals surface area contributed by atoms with Crippen molar-refractivity contribution in [2.45, 2.75) is 37.8 Å². The number of pyridine rings is 2. The summed E-state index contributed by atoms with van der Waals surface area (Å²) in [6.45, 7) is 0. The van der Waals surface area contributed by atoms with E-state index in [2.05, 4.69) is 30.8 Å². The predicted molar refractivity (Wildman–Crippen MR) is 107 cm³/mol. The second kappa shape index (κ2) is 6.75. The number of fused-ring (bicyclic) bond motifs is 2. The summed E-state index contributed by atoms with van der Waals surface area (Å²) in [7, 11) is 1.87. The van der Waals surface area contributed by atoms with Crippen LogP contribution in [0.2, 0.25) is 0 Å². The van der Waals surface area contributed by atoms with Gasteiger partial charge in [0, 0.05) is 18.5 Å². The van der Waals surface area contributed by atoms with Crippen LogP contribution in [0.5, 0.6) is 0 Å². The van der Waals surface area contributed by atoms with E-state index < -0.39 is 0 Å². The first-order valence-corrected chi connectivity index (χ1v) is 9.51. The Bertz CT molecular complexity index is 1130. The summed E-state index contributed by atoms with van der Waals surface area (Å²) in [5.74, 6) is 1.42. The molecular formula is C19H22N8O. The minimum absolute atomic E-state index is 0.165. The van der Waals surface area contributed by atoms with Gasteiger partial charge in [-0.3, -0.25) is 4.68 Å². The van der Waals surface area contributed by atoms with Gasteiger partial charge in [-0.15, -0.1) is 5.10 Å². The highest BCUT2D eigenvalue weighted by Gasteiger charge is 2.20. The Balaban J connectivity index is 1.39. The molecule has 1 aliphatic rings. The molecule has 0 radical (unpaired) electrons. The summed E-state index contributed by atoms with van der Waals surface area (Å²) in [4.78, 5) is 9.01. The Kier molecular flexibility index (Phi) is 4.09. The molecule has 0 unspecified atom stereocenters. The van der Waals surface area contributed by atoms with Crippen molar-refractivity contribution in [1.82, 2.24) is 29.4 Å². The average molecular weight is 378 g/mol. The molecule has 4 aromatic heterocycles. The van der Waals surface area contributed by atoms with Gasteiger partial charge in [0.15, 0.2) is 11.3 Å². The van der Waals surface area contributed by atoms with Gasteiger partial charge in [-0.25, -0.2) is 4.98 Å². The van der Waals surface area contributed by atoms with Gasteiger partial charge in [0.05, 0.1) is 24.2 Å². The number of hydrogen-bond acceptors (Lipinski definition) is 7. The van der Waals surface area contributed by atoms with E-state index in [1.807, 2.05) is 35.8 Å². The lowest BCUT2D eigenvalue weighted by Crippen LogP contribution is -2.29. The maximum absolute atomic E-state index is 9.70. The third kappa shape index (κ3) is 3.13. The highest BCUT2D eigenvalue weighted by molar-refractivity contribution is 5.79. The molecule has 0 aliphatic heterocycles. The molecule has 5 rings (SSSR count). The lowest BCUT2D eigenvalue weighted by atomic mass is 9.93. The highest BCUT2D eigenvalue weighted by atomic mass is 16.3. The van der Waals surface area contributed by atoms with Crippen LogP contribution in [0.15, 0.2) is 36.7 Å². The van der Waals surface area contributed by atoms with E-state index >= 15 is 0 Å². The van der Waals surface area contributed by atoms with Gasteiger partial charge in [0.2, 0.25) is 5.95 Å². The molecule has 1 fully saturated rings. The number of aliphatic hydroxyl groups excluding tert-OH is 1. The molecule has 28 heavy (non-hydrogen) atoms. The van der Waals surface area contributed by atoms with Gasteiger partial charge in [0.25, 0.3) is 0 Å². The average Bonchev–Trinajstić information content (AvgIpc) is 3.27. The Morgan fingerprint density at radius 2 is 2.00 bits per heavy atom. The van der Waals surface area contributed by atoms with E-state index in [-0.39, 0.29) is 6.10 Å². The summed E-state index contributed by atoms with van der Waals surface area (Å²) in [6, 6.07) is 8.22. The smallest absolute Gasteiger partial charge is 0.247 e. The molecule has 0 amide bonds. The summed E-state index contributed by atoms with van der Waals surface area (Å²) in [5, 5.41) is 26.3. The van der Waals surface area contributed by atoms with Crippen LogP contribution in [0.1, 0.15) is 25.7 Å². The SMILES string of the molecule is Cn1ncc2cc(Nc3nc4cccc(N[C@H]5CC[C@@H](O)CC5)n4n3)cnc21. The maximum Gasteiger partial charge on any atom is 0.247 e. The first-order chi connectivity index (χ1) is 13.7. The van der Waals surface area contributed by atoms with Crippen molar-refractivity contribution >= 4 is 34.1 Å². The highest BCUT2D eigenvalue weighted by Crippen LogP contribution is 2.24. The Hall–Kier alpha value is -3.20. The molecular weight excluding hydrogens is 356 g/mol. The maximum atomic E-state index is 9.70. The first-order valence-electron chi connectivity index (χ1n) is 9.51. The molecule has 0 aromatic carbocycles. The largest absolute Gasteiger partial charge is 0.393 e. The van der Waals surface area contributed by atoms with Crippen LogP contribution in [-0.2, 0) is 7.05 Å². The molecule has 9 nitrogen and oxygen atoms in total. The van der Waals surface area contributed by atoms with Crippen LogP contribution in [0.4, 0.5) is 17.5 Å². The van der Waals surface area contributed by atoms with Gasteiger partial charge in [-0.2, -0.15) is 14.6 Å².